The van der Waals surface area contributed by atoms with Crippen LogP contribution in [0.4, 0.5) is 11.5 Å². The van der Waals surface area contributed by atoms with Gasteiger partial charge < -0.3 is 11.1 Å². The van der Waals surface area contributed by atoms with Crippen molar-refractivity contribution in [2.75, 3.05) is 11.1 Å². The van der Waals surface area contributed by atoms with Crippen LogP contribution < -0.4 is 11.1 Å². The fourth-order valence-corrected chi connectivity index (χ4v) is 2.13. The number of rotatable bonds is 4. The lowest BCUT2D eigenvalue weighted by atomic mass is 10.1. The molecule has 20 heavy (non-hydrogen) atoms. The van der Waals surface area contributed by atoms with Crippen LogP contribution in [0.15, 0.2) is 40.9 Å². The van der Waals surface area contributed by atoms with Crippen molar-refractivity contribution < 1.29 is 4.79 Å². The number of carbonyl (C=O) groups is 1. The standard InChI is InChI=1S/C15H16BrN3O/c1-2-3-13-8-10(9-14(17)18-13)15(20)19-12-6-4-11(16)5-7-12/h4-9H,2-3H2,1H3,(H2,17,18)(H,19,20). The van der Waals surface area contributed by atoms with Gasteiger partial charge in [0.15, 0.2) is 0 Å². The van der Waals surface area contributed by atoms with Crippen molar-refractivity contribution in [1.82, 2.24) is 4.98 Å². The van der Waals surface area contributed by atoms with Gasteiger partial charge in [0.25, 0.3) is 5.91 Å². The minimum absolute atomic E-state index is 0.182. The Morgan fingerprint density at radius 2 is 2.00 bits per heavy atom. The van der Waals surface area contributed by atoms with Crippen molar-refractivity contribution in [1.29, 1.82) is 0 Å². The van der Waals surface area contributed by atoms with E-state index >= 15 is 0 Å². The lowest BCUT2D eigenvalue weighted by Crippen LogP contribution is -2.13. The Bertz CT molecular complexity index is 611. The zero-order valence-electron chi connectivity index (χ0n) is 11.2. The Morgan fingerprint density at radius 1 is 1.30 bits per heavy atom. The number of anilines is 2. The molecule has 0 fully saturated rings. The van der Waals surface area contributed by atoms with E-state index in [0.29, 0.717) is 11.4 Å². The van der Waals surface area contributed by atoms with E-state index in [4.69, 9.17) is 5.73 Å². The normalized spacial score (nSPS) is 10.3. The lowest BCUT2D eigenvalue weighted by molar-refractivity contribution is 0.102. The van der Waals surface area contributed by atoms with Crippen LogP contribution in [-0.4, -0.2) is 10.9 Å². The molecule has 3 N–H and O–H groups in total. The summed E-state index contributed by atoms with van der Waals surface area (Å²) >= 11 is 3.36. The highest BCUT2D eigenvalue weighted by atomic mass is 79.9. The highest BCUT2D eigenvalue weighted by Gasteiger charge is 2.09. The van der Waals surface area contributed by atoms with E-state index in [1.807, 2.05) is 24.3 Å². The Kier molecular flexibility index (Phi) is 4.74. The van der Waals surface area contributed by atoms with E-state index in [0.717, 1.165) is 28.7 Å². The first-order valence-electron chi connectivity index (χ1n) is 6.42. The minimum Gasteiger partial charge on any atom is -0.384 e. The van der Waals surface area contributed by atoms with Crippen molar-refractivity contribution >= 4 is 33.3 Å². The Hall–Kier alpha value is -1.88. The van der Waals surface area contributed by atoms with Gasteiger partial charge in [-0.1, -0.05) is 29.3 Å². The predicted octanol–water partition coefficient (Wildman–Crippen LogP) is 3.63. The van der Waals surface area contributed by atoms with Gasteiger partial charge in [-0.2, -0.15) is 0 Å². The molecule has 1 aromatic heterocycles. The Morgan fingerprint density at radius 3 is 2.65 bits per heavy atom. The quantitative estimate of drug-likeness (QED) is 0.897. The van der Waals surface area contributed by atoms with Crippen molar-refractivity contribution in [2.45, 2.75) is 19.8 Å². The van der Waals surface area contributed by atoms with Gasteiger partial charge in [-0.25, -0.2) is 4.98 Å². The molecular formula is C15H16BrN3O. The fourth-order valence-electron chi connectivity index (χ4n) is 1.86. The van der Waals surface area contributed by atoms with Crippen molar-refractivity contribution in [3.05, 3.63) is 52.1 Å². The summed E-state index contributed by atoms with van der Waals surface area (Å²) in [5, 5.41) is 2.84. The number of nitrogens with one attached hydrogen (secondary N) is 1. The number of aromatic nitrogens is 1. The predicted molar refractivity (Wildman–Crippen MR) is 84.7 cm³/mol. The number of pyridine rings is 1. The van der Waals surface area contributed by atoms with Crippen LogP contribution in [0.1, 0.15) is 29.4 Å². The second-order valence-corrected chi connectivity index (χ2v) is 5.40. The number of nitrogens with zero attached hydrogens (tertiary/aromatic N) is 1. The summed E-state index contributed by atoms with van der Waals surface area (Å²) in [6.07, 6.45) is 1.77. The first-order valence-corrected chi connectivity index (χ1v) is 7.21. The molecule has 0 bridgehead atoms. The number of carbonyl (C=O) groups excluding carboxylic acids is 1. The highest BCUT2D eigenvalue weighted by Crippen LogP contribution is 2.16. The number of hydrogen-bond acceptors (Lipinski definition) is 3. The molecule has 0 spiro atoms. The first kappa shape index (κ1) is 14.5. The van der Waals surface area contributed by atoms with Crippen LogP contribution in [0, 0.1) is 0 Å². The van der Waals surface area contributed by atoms with E-state index in [9.17, 15) is 4.79 Å². The average molecular weight is 334 g/mol. The largest absolute Gasteiger partial charge is 0.384 e. The summed E-state index contributed by atoms with van der Waals surface area (Å²) in [7, 11) is 0. The van der Waals surface area contributed by atoms with Gasteiger partial charge in [0.1, 0.15) is 5.82 Å². The summed E-state index contributed by atoms with van der Waals surface area (Å²) in [4.78, 5) is 16.4. The number of nitrogen functional groups attached to an aromatic ring is 1. The number of nitrogens with two attached hydrogens (primary N) is 1. The van der Waals surface area contributed by atoms with E-state index < -0.39 is 0 Å². The van der Waals surface area contributed by atoms with Gasteiger partial charge in [0, 0.05) is 21.4 Å². The van der Waals surface area contributed by atoms with Gasteiger partial charge in [-0.05, 0) is 42.8 Å². The van der Waals surface area contributed by atoms with Crippen molar-refractivity contribution in [3.63, 3.8) is 0 Å². The van der Waals surface area contributed by atoms with Gasteiger partial charge in [-0.15, -0.1) is 0 Å². The molecule has 0 saturated carbocycles. The molecule has 2 rings (SSSR count). The topological polar surface area (TPSA) is 68.0 Å². The number of aryl methyl sites for hydroxylation is 1. The van der Waals surface area contributed by atoms with Crippen LogP contribution in [-0.2, 0) is 6.42 Å². The summed E-state index contributed by atoms with van der Waals surface area (Å²) < 4.78 is 0.967. The molecule has 1 aromatic carbocycles. The molecule has 1 amide bonds. The molecule has 0 aliphatic carbocycles. The number of amides is 1. The van der Waals surface area contributed by atoms with Crippen molar-refractivity contribution in [3.8, 4) is 0 Å². The highest BCUT2D eigenvalue weighted by molar-refractivity contribution is 9.10. The van der Waals surface area contributed by atoms with Crippen LogP contribution in [0.5, 0.6) is 0 Å². The maximum absolute atomic E-state index is 12.2. The number of hydrogen-bond donors (Lipinski definition) is 2. The summed E-state index contributed by atoms with van der Waals surface area (Å²) in [6, 6.07) is 10.8. The zero-order chi connectivity index (χ0) is 14.5. The molecule has 104 valence electrons. The monoisotopic (exact) mass is 333 g/mol. The lowest BCUT2D eigenvalue weighted by Gasteiger charge is -2.08. The number of benzene rings is 1. The second kappa shape index (κ2) is 6.52. The molecule has 0 unspecified atom stereocenters. The zero-order valence-corrected chi connectivity index (χ0v) is 12.8. The molecule has 4 nitrogen and oxygen atoms in total. The van der Waals surface area contributed by atoms with E-state index in [2.05, 4.69) is 33.2 Å². The summed E-state index contributed by atoms with van der Waals surface area (Å²) in [5.41, 5.74) is 7.86. The smallest absolute Gasteiger partial charge is 0.255 e. The Balaban J connectivity index is 2.18. The molecule has 0 saturated heterocycles. The van der Waals surface area contributed by atoms with Gasteiger partial charge in [-0.3, -0.25) is 4.79 Å². The van der Waals surface area contributed by atoms with E-state index in [1.165, 1.54) is 0 Å². The minimum atomic E-state index is -0.182. The summed E-state index contributed by atoms with van der Waals surface area (Å²) in [6.45, 7) is 2.06. The molecule has 2 aromatic rings. The van der Waals surface area contributed by atoms with Crippen molar-refractivity contribution in [2.24, 2.45) is 0 Å². The van der Waals surface area contributed by atoms with Gasteiger partial charge in [0.2, 0.25) is 0 Å². The molecule has 5 heteroatoms. The van der Waals surface area contributed by atoms with Crippen LogP contribution in [0.2, 0.25) is 0 Å². The summed E-state index contributed by atoms with van der Waals surface area (Å²) in [5.74, 6) is 0.190. The van der Waals surface area contributed by atoms with E-state index in [1.54, 1.807) is 12.1 Å². The molecule has 1 heterocycles. The third-order valence-electron chi connectivity index (χ3n) is 2.77. The average Bonchev–Trinajstić information content (AvgIpc) is 2.41. The van der Waals surface area contributed by atoms with Crippen LogP contribution >= 0.6 is 15.9 Å². The van der Waals surface area contributed by atoms with E-state index in [-0.39, 0.29) is 5.91 Å². The number of halogens is 1. The molecule has 0 aliphatic rings. The molecule has 0 aliphatic heterocycles. The van der Waals surface area contributed by atoms with Gasteiger partial charge >= 0.3 is 0 Å². The Labute approximate surface area is 126 Å². The first-order chi connectivity index (χ1) is 9.58. The molecule has 0 radical (unpaired) electrons. The third-order valence-corrected chi connectivity index (χ3v) is 3.30. The van der Waals surface area contributed by atoms with Crippen LogP contribution in [0.3, 0.4) is 0 Å². The maximum Gasteiger partial charge on any atom is 0.255 e. The molecule has 0 atom stereocenters. The van der Waals surface area contributed by atoms with Crippen LogP contribution in [0.25, 0.3) is 0 Å². The van der Waals surface area contributed by atoms with Gasteiger partial charge in [0.05, 0.1) is 0 Å². The molecular weight excluding hydrogens is 318 g/mol. The second-order valence-electron chi connectivity index (χ2n) is 4.48. The maximum atomic E-state index is 12.2. The SMILES string of the molecule is CCCc1cc(C(=O)Nc2ccc(Br)cc2)cc(N)n1. The fraction of sp³-hybridized carbons (Fsp3) is 0.200. The third kappa shape index (κ3) is 3.81.